The zero-order valence-corrected chi connectivity index (χ0v) is 13.9. The van der Waals surface area contributed by atoms with Gasteiger partial charge in [-0.25, -0.2) is 8.42 Å². The first kappa shape index (κ1) is 17.0. The van der Waals surface area contributed by atoms with Crippen LogP contribution in [0.3, 0.4) is 0 Å². The molecule has 0 atom stereocenters. The highest BCUT2D eigenvalue weighted by Crippen LogP contribution is 2.24. The Bertz CT molecular complexity index is 805. The van der Waals surface area contributed by atoms with Gasteiger partial charge in [0.2, 0.25) is 0 Å². The topological polar surface area (TPSA) is 89.3 Å². The van der Waals surface area contributed by atoms with Crippen LogP contribution in [0.4, 0.5) is 11.4 Å². The molecule has 0 amide bonds. The molecule has 6 nitrogen and oxygen atoms in total. The van der Waals surface area contributed by atoms with Gasteiger partial charge in [-0.15, -0.1) is 0 Å². The minimum Gasteiger partial charge on any atom is -0.280 e. The van der Waals surface area contributed by atoms with E-state index in [4.69, 9.17) is 0 Å². The van der Waals surface area contributed by atoms with Crippen LogP contribution in [-0.4, -0.2) is 13.3 Å². The van der Waals surface area contributed by atoms with Gasteiger partial charge in [0.05, 0.1) is 9.82 Å². The minimum atomic E-state index is -3.73. The van der Waals surface area contributed by atoms with Crippen LogP contribution in [-0.2, 0) is 15.4 Å². The average molecular weight is 334 g/mol. The van der Waals surface area contributed by atoms with Gasteiger partial charge in [0.25, 0.3) is 15.7 Å². The quantitative estimate of drug-likeness (QED) is 0.682. The summed E-state index contributed by atoms with van der Waals surface area (Å²) in [6, 6.07) is 11.9. The van der Waals surface area contributed by atoms with Crippen LogP contribution < -0.4 is 4.72 Å². The lowest BCUT2D eigenvalue weighted by Crippen LogP contribution is -2.14. The zero-order chi connectivity index (χ0) is 17.3. The van der Waals surface area contributed by atoms with Crippen LogP contribution in [0.25, 0.3) is 0 Å². The standard InChI is InChI=1S/C16H18N2O4S/c1-16(2,3)12-4-10-15(11-5-12)23(21,22)17-13-6-8-14(9-7-13)18(19)20/h4-11,17H,1-3H3. The molecule has 0 fully saturated rings. The Kier molecular flexibility index (Phi) is 4.42. The number of nitro groups is 1. The van der Waals surface area contributed by atoms with E-state index < -0.39 is 14.9 Å². The predicted octanol–water partition coefficient (Wildman–Crippen LogP) is 3.69. The molecule has 0 heterocycles. The largest absolute Gasteiger partial charge is 0.280 e. The van der Waals surface area contributed by atoms with Crippen LogP contribution in [0, 0.1) is 10.1 Å². The maximum Gasteiger partial charge on any atom is 0.269 e. The molecular weight excluding hydrogens is 316 g/mol. The van der Waals surface area contributed by atoms with Crippen molar-refractivity contribution in [3.63, 3.8) is 0 Å². The number of anilines is 1. The Balaban J connectivity index is 2.23. The van der Waals surface area contributed by atoms with Crippen LogP contribution in [0.1, 0.15) is 26.3 Å². The number of non-ortho nitro benzene ring substituents is 1. The Morgan fingerprint density at radius 2 is 1.48 bits per heavy atom. The van der Waals surface area contributed by atoms with Gasteiger partial charge < -0.3 is 0 Å². The molecule has 0 radical (unpaired) electrons. The van der Waals surface area contributed by atoms with Gasteiger partial charge in [0.15, 0.2) is 0 Å². The van der Waals surface area contributed by atoms with Crippen molar-refractivity contribution >= 4 is 21.4 Å². The summed E-state index contributed by atoms with van der Waals surface area (Å²) in [6.07, 6.45) is 0. The second kappa shape index (κ2) is 6.00. The van der Waals surface area contributed by atoms with Crippen LogP contribution in [0.5, 0.6) is 0 Å². The maximum atomic E-state index is 12.3. The molecule has 1 N–H and O–H groups in total. The molecule has 0 saturated heterocycles. The summed E-state index contributed by atoms with van der Waals surface area (Å²) in [6.45, 7) is 6.14. The molecule has 23 heavy (non-hydrogen) atoms. The van der Waals surface area contributed by atoms with E-state index in [0.29, 0.717) is 0 Å². The molecule has 0 aliphatic carbocycles. The van der Waals surface area contributed by atoms with Crippen molar-refractivity contribution in [2.45, 2.75) is 31.1 Å². The van der Waals surface area contributed by atoms with Crippen LogP contribution >= 0.6 is 0 Å². The average Bonchev–Trinajstić information content (AvgIpc) is 2.46. The van der Waals surface area contributed by atoms with E-state index in [-0.39, 0.29) is 21.7 Å². The number of rotatable bonds is 4. The van der Waals surface area contributed by atoms with Gasteiger partial charge >= 0.3 is 0 Å². The van der Waals surface area contributed by atoms with Gasteiger partial charge in [-0.05, 0) is 35.2 Å². The first-order chi connectivity index (χ1) is 10.6. The lowest BCUT2D eigenvalue weighted by atomic mass is 9.87. The summed E-state index contributed by atoms with van der Waals surface area (Å²) in [5.74, 6) is 0. The number of nitrogens with zero attached hydrogens (tertiary/aromatic N) is 1. The Labute approximate surface area is 135 Å². The predicted molar refractivity (Wildman–Crippen MR) is 89.0 cm³/mol. The van der Waals surface area contributed by atoms with Crippen molar-refractivity contribution in [3.8, 4) is 0 Å². The number of hydrogen-bond acceptors (Lipinski definition) is 4. The van der Waals surface area contributed by atoms with Crippen molar-refractivity contribution in [3.05, 3.63) is 64.2 Å². The number of hydrogen-bond donors (Lipinski definition) is 1. The van der Waals surface area contributed by atoms with Crippen LogP contribution in [0.15, 0.2) is 53.4 Å². The molecule has 2 rings (SSSR count). The molecule has 0 bridgehead atoms. The van der Waals surface area contributed by atoms with E-state index in [1.54, 1.807) is 24.3 Å². The lowest BCUT2D eigenvalue weighted by Gasteiger charge is -2.19. The molecule has 122 valence electrons. The van der Waals surface area contributed by atoms with E-state index >= 15 is 0 Å². The fraction of sp³-hybridized carbons (Fsp3) is 0.250. The minimum absolute atomic E-state index is 0.0614. The molecule has 0 aliphatic rings. The molecular formula is C16H18N2O4S. The van der Waals surface area contributed by atoms with Gasteiger partial charge in [0.1, 0.15) is 0 Å². The fourth-order valence-electron chi connectivity index (χ4n) is 2.00. The Morgan fingerprint density at radius 1 is 0.957 bits per heavy atom. The van der Waals surface area contributed by atoms with Gasteiger partial charge in [-0.2, -0.15) is 0 Å². The van der Waals surface area contributed by atoms with Gasteiger partial charge in [-0.1, -0.05) is 32.9 Å². The maximum absolute atomic E-state index is 12.3. The number of nitrogens with one attached hydrogen (secondary N) is 1. The zero-order valence-electron chi connectivity index (χ0n) is 13.1. The SMILES string of the molecule is CC(C)(C)c1ccc(S(=O)(=O)Nc2ccc([N+](=O)[O-])cc2)cc1. The fourth-order valence-corrected chi connectivity index (χ4v) is 3.06. The molecule has 0 spiro atoms. The molecule has 0 aliphatic heterocycles. The second-order valence-electron chi connectivity index (χ2n) is 6.18. The highest BCUT2D eigenvalue weighted by Gasteiger charge is 2.18. The van der Waals surface area contributed by atoms with Crippen molar-refractivity contribution in [2.24, 2.45) is 0 Å². The van der Waals surface area contributed by atoms with Crippen molar-refractivity contribution in [1.29, 1.82) is 0 Å². The first-order valence-corrected chi connectivity index (χ1v) is 8.46. The highest BCUT2D eigenvalue weighted by atomic mass is 32.2. The summed E-state index contributed by atoms with van der Waals surface area (Å²) >= 11 is 0. The summed E-state index contributed by atoms with van der Waals surface area (Å²) in [7, 11) is -3.73. The molecule has 2 aromatic carbocycles. The summed E-state index contributed by atoms with van der Waals surface area (Å²) in [4.78, 5) is 10.2. The summed E-state index contributed by atoms with van der Waals surface area (Å²) < 4.78 is 27.1. The van der Waals surface area contributed by atoms with Gasteiger partial charge in [-0.3, -0.25) is 14.8 Å². The molecule has 0 unspecified atom stereocenters. The molecule has 7 heteroatoms. The van der Waals surface area contributed by atoms with Crippen LogP contribution in [0.2, 0.25) is 0 Å². The number of sulfonamides is 1. The third kappa shape index (κ3) is 4.07. The normalized spacial score (nSPS) is 12.0. The van der Waals surface area contributed by atoms with Crippen molar-refractivity contribution < 1.29 is 13.3 Å². The highest BCUT2D eigenvalue weighted by molar-refractivity contribution is 7.92. The summed E-state index contributed by atoms with van der Waals surface area (Å²) in [5.41, 5.74) is 1.15. The third-order valence-electron chi connectivity index (χ3n) is 3.36. The Morgan fingerprint density at radius 3 is 1.91 bits per heavy atom. The molecule has 2 aromatic rings. The smallest absolute Gasteiger partial charge is 0.269 e. The first-order valence-electron chi connectivity index (χ1n) is 6.97. The monoisotopic (exact) mass is 334 g/mol. The number of benzene rings is 2. The van der Waals surface area contributed by atoms with E-state index in [0.717, 1.165) is 5.56 Å². The van der Waals surface area contributed by atoms with Crippen molar-refractivity contribution in [2.75, 3.05) is 4.72 Å². The Hall–Kier alpha value is -2.41. The van der Waals surface area contributed by atoms with Gasteiger partial charge in [0, 0.05) is 17.8 Å². The summed E-state index contributed by atoms with van der Waals surface area (Å²) in [5, 5.41) is 10.6. The van der Waals surface area contributed by atoms with E-state index in [2.05, 4.69) is 4.72 Å². The molecule has 0 saturated carbocycles. The number of nitro benzene ring substituents is 1. The van der Waals surface area contributed by atoms with E-state index in [9.17, 15) is 18.5 Å². The third-order valence-corrected chi connectivity index (χ3v) is 4.76. The lowest BCUT2D eigenvalue weighted by molar-refractivity contribution is -0.384. The van der Waals surface area contributed by atoms with E-state index in [1.807, 2.05) is 20.8 Å². The van der Waals surface area contributed by atoms with Crippen molar-refractivity contribution in [1.82, 2.24) is 0 Å². The molecule has 0 aromatic heterocycles. The van der Waals surface area contributed by atoms with E-state index in [1.165, 1.54) is 24.3 Å². The second-order valence-corrected chi connectivity index (χ2v) is 7.87.